The van der Waals surface area contributed by atoms with Crippen LogP contribution in [0.2, 0.25) is 0 Å². The largest absolute Gasteiger partial charge is 0.491 e. The van der Waals surface area contributed by atoms with Crippen LogP contribution < -0.4 is 20.7 Å². The summed E-state index contributed by atoms with van der Waals surface area (Å²) in [7, 11) is 0. The molecule has 0 bridgehead atoms. The second kappa shape index (κ2) is 12.9. The Hall–Kier alpha value is -3.80. The maximum absolute atomic E-state index is 12.4. The van der Waals surface area contributed by atoms with Gasteiger partial charge in [0, 0.05) is 17.8 Å². The Balaban J connectivity index is 1.48. The molecule has 0 aliphatic carbocycles. The molecule has 172 valence electrons. The van der Waals surface area contributed by atoms with Crippen LogP contribution in [0.25, 0.3) is 0 Å². The molecule has 0 spiro atoms. The minimum absolute atomic E-state index is 0.0660. The molecule has 33 heavy (non-hydrogen) atoms. The fourth-order valence-electron chi connectivity index (χ4n) is 3.25. The number of rotatable bonds is 12. The maximum atomic E-state index is 12.4. The van der Waals surface area contributed by atoms with Crippen LogP contribution >= 0.6 is 0 Å². The van der Waals surface area contributed by atoms with E-state index in [-0.39, 0.29) is 18.4 Å². The molecule has 0 aliphatic rings. The van der Waals surface area contributed by atoms with Crippen LogP contribution in [0.15, 0.2) is 78.9 Å². The average molecular weight is 446 g/mol. The third-order valence-electron chi connectivity index (χ3n) is 5.00. The summed E-state index contributed by atoms with van der Waals surface area (Å²) in [6.07, 6.45) is 3.11. The monoisotopic (exact) mass is 445 g/mol. The quantitative estimate of drug-likeness (QED) is 0.322. The van der Waals surface area contributed by atoms with Crippen molar-refractivity contribution in [3.63, 3.8) is 0 Å². The van der Waals surface area contributed by atoms with E-state index >= 15 is 0 Å². The molecule has 6 heteroatoms. The van der Waals surface area contributed by atoms with Crippen LogP contribution in [0.5, 0.6) is 5.75 Å². The van der Waals surface area contributed by atoms with E-state index in [0.29, 0.717) is 30.8 Å². The lowest BCUT2D eigenvalue weighted by Crippen LogP contribution is -2.22. The molecule has 3 N–H and O–H groups in total. The number of hydrogen-bond donors (Lipinski definition) is 3. The molecule has 0 atom stereocenters. The summed E-state index contributed by atoms with van der Waals surface area (Å²) in [4.78, 5) is 24.7. The SMILES string of the molecule is CCCCOc1ccccc1NCC(=O)Nc1cccc(NC(=O)CCc2ccccc2)c1. The first kappa shape index (κ1) is 23.9. The molecule has 2 amide bonds. The number of anilines is 3. The number of aryl methyl sites for hydroxylation is 1. The van der Waals surface area contributed by atoms with Gasteiger partial charge in [-0.3, -0.25) is 9.59 Å². The van der Waals surface area contributed by atoms with Crippen molar-refractivity contribution in [2.75, 3.05) is 29.1 Å². The third-order valence-corrected chi connectivity index (χ3v) is 5.00. The predicted octanol–water partition coefficient (Wildman–Crippen LogP) is 5.49. The zero-order valence-corrected chi connectivity index (χ0v) is 19.0. The lowest BCUT2D eigenvalue weighted by atomic mass is 10.1. The van der Waals surface area contributed by atoms with E-state index in [0.717, 1.165) is 29.8 Å². The van der Waals surface area contributed by atoms with Gasteiger partial charge in [-0.1, -0.05) is 61.9 Å². The van der Waals surface area contributed by atoms with Gasteiger partial charge in [-0.2, -0.15) is 0 Å². The van der Waals surface area contributed by atoms with E-state index in [2.05, 4.69) is 22.9 Å². The second-order valence-electron chi connectivity index (χ2n) is 7.71. The Morgan fingerprint density at radius 3 is 2.27 bits per heavy atom. The van der Waals surface area contributed by atoms with Gasteiger partial charge < -0.3 is 20.7 Å². The second-order valence-corrected chi connectivity index (χ2v) is 7.71. The van der Waals surface area contributed by atoms with Crippen LogP contribution in [-0.2, 0) is 16.0 Å². The molecule has 3 aromatic carbocycles. The Morgan fingerprint density at radius 1 is 0.818 bits per heavy atom. The minimum atomic E-state index is -0.189. The lowest BCUT2D eigenvalue weighted by Gasteiger charge is -2.13. The first-order valence-electron chi connectivity index (χ1n) is 11.3. The van der Waals surface area contributed by atoms with Crippen LogP contribution in [0, 0.1) is 0 Å². The normalized spacial score (nSPS) is 10.3. The third kappa shape index (κ3) is 8.33. The van der Waals surface area contributed by atoms with E-state index in [1.165, 1.54) is 0 Å². The summed E-state index contributed by atoms with van der Waals surface area (Å²) >= 11 is 0. The number of nitrogens with one attached hydrogen (secondary N) is 3. The molecule has 0 aliphatic heterocycles. The molecule has 0 saturated heterocycles. The van der Waals surface area contributed by atoms with Crippen molar-refractivity contribution in [3.8, 4) is 5.75 Å². The predicted molar refractivity (Wildman–Crippen MR) is 134 cm³/mol. The molecule has 0 aromatic heterocycles. The average Bonchev–Trinajstić information content (AvgIpc) is 2.83. The van der Waals surface area contributed by atoms with Gasteiger partial charge in [0.05, 0.1) is 18.8 Å². The van der Waals surface area contributed by atoms with Crippen LogP contribution in [0.4, 0.5) is 17.1 Å². The number of carbonyl (C=O) groups is 2. The Kier molecular flexibility index (Phi) is 9.33. The van der Waals surface area contributed by atoms with Gasteiger partial charge in [0.25, 0.3) is 0 Å². The van der Waals surface area contributed by atoms with E-state index in [4.69, 9.17) is 4.74 Å². The standard InChI is InChI=1S/C27H31N3O3/c1-2-3-18-33-25-15-8-7-14-24(25)28-20-27(32)30-23-13-9-12-22(19-23)29-26(31)17-16-21-10-5-4-6-11-21/h4-15,19,28H,2-3,16-18,20H2,1H3,(H,29,31)(H,30,32). The fraction of sp³-hybridized carbons (Fsp3) is 0.259. The first-order valence-corrected chi connectivity index (χ1v) is 11.3. The first-order chi connectivity index (χ1) is 16.1. The molecular formula is C27H31N3O3. The summed E-state index contributed by atoms with van der Waals surface area (Å²) in [6.45, 7) is 2.86. The number of hydrogen-bond acceptors (Lipinski definition) is 4. The Morgan fingerprint density at radius 2 is 1.52 bits per heavy atom. The van der Waals surface area contributed by atoms with Gasteiger partial charge in [0.2, 0.25) is 11.8 Å². The van der Waals surface area contributed by atoms with E-state index < -0.39 is 0 Å². The summed E-state index contributed by atoms with van der Waals surface area (Å²) in [5.74, 6) is 0.480. The van der Waals surface area contributed by atoms with Crippen molar-refractivity contribution >= 4 is 28.9 Å². The van der Waals surface area contributed by atoms with E-state index in [1.54, 1.807) is 24.3 Å². The van der Waals surface area contributed by atoms with Crippen molar-refractivity contribution in [1.29, 1.82) is 0 Å². The molecule has 0 saturated carbocycles. The van der Waals surface area contributed by atoms with Crippen molar-refractivity contribution in [2.45, 2.75) is 32.6 Å². The highest BCUT2D eigenvalue weighted by Crippen LogP contribution is 2.24. The maximum Gasteiger partial charge on any atom is 0.243 e. The Bertz CT molecular complexity index is 1040. The summed E-state index contributed by atoms with van der Waals surface area (Å²) in [5, 5.41) is 8.89. The zero-order chi connectivity index (χ0) is 23.3. The number of benzene rings is 3. The summed E-state index contributed by atoms with van der Waals surface area (Å²) < 4.78 is 5.79. The smallest absolute Gasteiger partial charge is 0.243 e. The highest BCUT2D eigenvalue weighted by atomic mass is 16.5. The molecule has 0 radical (unpaired) electrons. The molecule has 6 nitrogen and oxygen atoms in total. The topological polar surface area (TPSA) is 79.5 Å². The number of amides is 2. The fourth-order valence-corrected chi connectivity index (χ4v) is 3.25. The lowest BCUT2D eigenvalue weighted by molar-refractivity contribution is -0.116. The number of unbranched alkanes of at least 4 members (excludes halogenated alkanes) is 1. The van der Waals surface area contributed by atoms with Crippen molar-refractivity contribution in [1.82, 2.24) is 0 Å². The van der Waals surface area contributed by atoms with E-state index in [9.17, 15) is 9.59 Å². The van der Waals surface area contributed by atoms with Crippen LogP contribution in [0.3, 0.4) is 0 Å². The van der Waals surface area contributed by atoms with Crippen molar-refractivity contribution < 1.29 is 14.3 Å². The molecule has 0 unspecified atom stereocenters. The van der Waals surface area contributed by atoms with Gasteiger partial charge in [0.15, 0.2) is 0 Å². The molecule has 0 heterocycles. The number of carbonyl (C=O) groups excluding carboxylic acids is 2. The summed E-state index contributed by atoms with van der Waals surface area (Å²) in [6, 6.07) is 24.6. The van der Waals surface area contributed by atoms with Gasteiger partial charge in [0.1, 0.15) is 5.75 Å². The number of para-hydroxylation sites is 2. The molecule has 3 rings (SSSR count). The van der Waals surface area contributed by atoms with Gasteiger partial charge >= 0.3 is 0 Å². The van der Waals surface area contributed by atoms with E-state index in [1.807, 2.05) is 54.6 Å². The summed E-state index contributed by atoms with van der Waals surface area (Å²) in [5.41, 5.74) is 3.17. The molecule has 0 fully saturated rings. The van der Waals surface area contributed by atoms with Crippen molar-refractivity contribution in [2.24, 2.45) is 0 Å². The number of ether oxygens (including phenoxy) is 1. The van der Waals surface area contributed by atoms with Gasteiger partial charge in [-0.05, 0) is 48.7 Å². The molecular weight excluding hydrogens is 414 g/mol. The highest BCUT2D eigenvalue weighted by Gasteiger charge is 2.08. The van der Waals surface area contributed by atoms with Gasteiger partial charge in [-0.15, -0.1) is 0 Å². The molecule has 3 aromatic rings. The Labute approximate surface area is 195 Å². The van der Waals surface area contributed by atoms with Crippen LogP contribution in [0.1, 0.15) is 31.7 Å². The minimum Gasteiger partial charge on any atom is -0.491 e. The highest BCUT2D eigenvalue weighted by molar-refractivity contribution is 5.96. The van der Waals surface area contributed by atoms with Crippen molar-refractivity contribution in [3.05, 3.63) is 84.4 Å². The van der Waals surface area contributed by atoms with Crippen LogP contribution in [-0.4, -0.2) is 25.0 Å². The zero-order valence-electron chi connectivity index (χ0n) is 19.0. The van der Waals surface area contributed by atoms with Gasteiger partial charge in [-0.25, -0.2) is 0 Å².